The van der Waals surface area contributed by atoms with Gasteiger partial charge in [-0.2, -0.15) is 0 Å². The first-order valence-electron chi connectivity index (χ1n) is 12.3. The van der Waals surface area contributed by atoms with Gasteiger partial charge in [-0.05, 0) is 48.6 Å². The van der Waals surface area contributed by atoms with Gasteiger partial charge in [-0.15, -0.1) is 0 Å². The number of rotatable bonds is 8. The first kappa shape index (κ1) is 23.1. The van der Waals surface area contributed by atoms with E-state index in [1.807, 2.05) is 71.6 Å². The Morgan fingerprint density at radius 3 is 2.20 bits per heavy atom. The van der Waals surface area contributed by atoms with Crippen LogP contribution in [0.1, 0.15) is 29.7 Å². The minimum absolute atomic E-state index is 0.0507. The second-order valence-electron chi connectivity index (χ2n) is 9.30. The third-order valence-electron chi connectivity index (χ3n) is 7.14. The molecule has 3 amide bonds. The second-order valence-corrected chi connectivity index (χ2v) is 9.30. The molecule has 2 aliphatic heterocycles. The molecule has 2 saturated heterocycles. The number of carbonyl (C=O) groups is 2. The van der Waals surface area contributed by atoms with Crippen molar-refractivity contribution in [2.45, 2.75) is 31.3 Å². The fourth-order valence-electron chi connectivity index (χ4n) is 5.18. The molecule has 0 saturated carbocycles. The highest BCUT2D eigenvalue weighted by atomic mass is 16.3. The number of piperidine rings is 1. The highest BCUT2D eigenvalue weighted by Crippen LogP contribution is 2.38. The number of hydrogen-bond donors (Lipinski definition) is 0. The van der Waals surface area contributed by atoms with Crippen LogP contribution in [0.15, 0.2) is 89.6 Å². The summed E-state index contributed by atoms with van der Waals surface area (Å²) in [7, 11) is 0. The van der Waals surface area contributed by atoms with Crippen LogP contribution < -0.4 is 0 Å². The van der Waals surface area contributed by atoms with E-state index in [1.54, 1.807) is 6.26 Å². The van der Waals surface area contributed by atoms with Crippen LogP contribution in [0.3, 0.4) is 0 Å². The van der Waals surface area contributed by atoms with E-state index in [2.05, 4.69) is 23.1 Å². The summed E-state index contributed by atoms with van der Waals surface area (Å²) in [5, 5.41) is 0. The number of nitrogens with zero attached hydrogens (tertiary/aromatic N) is 3. The van der Waals surface area contributed by atoms with Gasteiger partial charge in [-0.25, -0.2) is 4.79 Å². The highest BCUT2D eigenvalue weighted by molar-refractivity contribution is 6.07. The molecule has 0 atom stereocenters. The number of amides is 3. The van der Waals surface area contributed by atoms with Gasteiger partial charge in [-0.1, -0.05) is 66.7 Å². The maximum absolute atomic E-state index is 13.8. The van der Waals surface area contributed by atoms with Crippen molar-refractivity contribution in [2.24, 2.45) is 0 Å². The summed E-state index contributed by atoms with van der Waals surface area (Å²) in [4.78, 5) is 33.1. The summed E-state index contributed by atoms with van der Waals surface area (Å²) in [6, 6.07) is 23.6. The Kier molecular flexibility index (Phi) is 6.82. The van der Waals surface area contributed by atoms with Crippen LogP contribution in [-0.4, -0.2) is 58.4 Å². The van der Waals surface area contributed by atoms with Crippen LogP contribution in [0.2, 0.25) is 0 Å². The summed E-state index contributed by atoms with van der Waals surface area (Å²) >= 11 is 0. The van der Waals surface area contributed by atoms with E-state index in [4.69, 9.17) is 4.42 Å². The predicted octanol–water partition coefficient (Wildman–Crippen LogP) is 4.83. The molecule has 0 N–H and O–H groups in total. The Morgan fingerprint density at radius 1 is 0.857 bits per heavy atom. The van der Waals surface area contributed by atoms with E-state index in [-0.39, 0.29) is 11.9 Å². The molecule has 0 bridgehead atoms. The average molecular weight is 470 g/mol. The van der Waals surface area contributed by atoms with Crippen molar-refractivity contribution in [3.8, 4) is 0 Å². The standard InChI is InChI=1S/C29H31N3O3/c33-27-29(16-20-30(21-17-29)18-7-13-26-14-8-22-35-26)32(19-15-24-9-3-1-4-10-24)28(34)31(27)23-25-11-5-2-6-12-25/h1-14,22H,15-21,23H2/b13-7+. The number of likely N-dealkylation sites (tertiary alicyclic amines) is 1. The molecule has 6 heteroatoms. The van der Waals surface area contributed by atoms with Crippen LogP contribution >= 0.6 is 0 Å². The molecule has 3 heterocycles. The van der Waals surface area contributed by atoms with E-state index in [9.17, 15) is 9.59 Å². The predicted molar refractivity (Wildman–Crippen MR) is 135 cm³/mol. The van der Waals surface area contributed by atoms with Gasteiger partial charge >= 0.3 is 6.03 Å². The van der Waals surface area contributed by atoms with Crippen molar-refractivity contribution in [1.82, 2.24) is 14.7 Å². The molecule has 180 valence electrons. The summed E-state index contributed by atoms with van der Waals surface area (Å²) in [6.45, 7) is 3.18. The van der Waals surface area contributed by atoms with Crippen LogP contribution in [-0.2, 0) is 17.8 Å². The first-order chi connectivity index (χ1) is 17.2. The topological polar surface area (TPSA) is 57.0 Å². The number of hydrogen-bond acceptors (Lipinski definition) is 4. The van der Waals surface area contributed by atoms with Gasteiger partial charge in [0.25, 0.3) is 5.91 Å². The Hall–Kier alpha value is -3.64. The highest BCUT2D eigenvalue weighted by Gasteiger charge is 2.57. The third kappa shape index (κ3) is 4.93. The lowest BCUT2D eigenvalue weighted by molar-refractivity contribution is -0.136. The molecule has 2 aromatic carbocycles. The summed E-state index contributed by atoms with van der Waals surface area (Å²) < 4.78 is 5.36. The van der Waals surface area contributed by atoms with Gasteiger partial charge in [0, 0.05) is 26.2 Å². The normalized spacial score (nSPS) is 18.3. The lowest BCUT2D eigenvalue weighted by Gasteiger charge is -2.42. The zero-order valence-electron chi connectivity index (χ0n) is 19.9. The van der Waals surface area contributed by atoms with E-state index in [0.717, 1.165) is 37.4 Å². The largest absolute Gasteiger partial charge is 0.465 e. The van der Waals surface area contributed by atoms with Crippen molar-refractivity contribution in [3.63, 3.8) is 0 Å². The number of imide groups is 1. The first-order valence-corrected chi connectivity index (χ1v) is 12.3. The molecule has 1 spiro atoms. The molecule has 2 fully saturated rings. The van der Waals surface area contributed by atoms with Crippen molar-refractivity contribution < 1.29 is 14.0 Å². The van der Waals surface area contributed by atoms with Crippen molar-refractivity contribution in [1.29, 1.82) is 0 Å². The third-order valence-corrected chi connectivity index (χ3v) is 7.14. The monoisotopic (exact) mass is 469 g/mol. The Bertz CT molecular complexity index is 1150. The lowest BCUT2D eigenvalue weighted by atomic mass is 9.85. The van der Waals surface area contributed by atoms with Gasteiger partial charge in [0.05, 0.1) is 12.8 Å². The molecule has 2 aliphatic rings. The SMILES string of the molecule is O=C1N(Cc2ccccc2)C(=O)C2(CCN(C/C=C/c3ccco3)CC2)N1CCc1ccccc1. The van der Waals surface area contributed by atoms with Crippen molar-refractivity contribution >= 4 is 18.0 Å². The van der Waals surface area contributed by atoms with E-state index in [1.165, 1.54) is 10.5 Å². The smallest absolute Gasteiger partial charge is 0.328 e. The number of furan rings is 1. The zero-order chi connectivity index (χ0) is 24.1. The quantitative estimate of drug-likeness (QED) is 0.443. The summed E-state index contributed by atoms with van der Waals surface area (Å²) in [5.74, 6) is 0.781. The van der Waals surface area contributed by atoms with Gasteiger partial charge in [0.1, 0.15) is 11.3 Å². The van der Waals surface area contributed by atoms with Gasteiger partial charge in [-0.3, -0.25) is 14.6 Å². The molecule has 35 heavy (non-hydrogen) atoms. The number of carbonyl (C=O) groups excluding carboxylic acids is 2. The molecule has 0 radical (unpaired) electrons. The summed E-state index contributed by atoms with van der Waals surface area (Å²) in [5.41, 5.74) is 1.38. The maximum atomic E-state index is 13.8. The van der Waals surface area contributed by atoms with E-state index < -0.39 is 5.54 Å². The van der Waals surface area contributed by atoms with E-state index >= 15 is 0 Å². The number of benzene rings is 2. The Balaban J connectivity index is 1.31. The zero-order valence-corrected chi connectivity index (χ0v) is 19.9. The molecular weight excluding hydrogens is 438 g/mol. The van der Waals surface area contributed by atoms with Crippen LogP contribution in [0.25, 0.3) is 6.08 Å². The molecule has 1 aromatic heterocycles. The maximum Gasteiger partial charge on any atom is 0.328 e. The Labute approximate surface area is 206 Å². The molecule has 3 aromatic rings. The van der Waals surface area contributed by atoms with Gasteiger partial charge in [0.15, 0.2) is 0 Å². The fourth-order valence-corrected chi connectivity index (χ4v) is 5.18. The molecule has 5 rings (SSSR count). The number of urea groups is 1. The van der Waals surface area contributed by atoms with Crippen LogP contribution in [0.5, 0.6) is 0 Å². The molecule has 6 nitrogen and oxygen atoms in total. The van der Waals surface area contributed by atoms with Gasteiger partial charge < -0.3 is 9.32 Å². The molecular formula is C29H31N3O3. The van der Waals surface area contributed by atoms with Crippen molar-refractivity contribution in [2.75, 3.05) is 26.2 Å². The van der Waals surface area contributed by atoms with Gasteiger partial charge in [0.2, 0.25) is 0 Å². The van der Waals surface area contributed by atoms with Crippen molar-refractivity contribution in [3.05, 3.63) is 102 Å². The Morgan fingerprint density at radius 2 is 1.54 bits per heavy atom. The molecule has 0 aliphatic carbocycles. The lowest BCUT2D eigenvalue weighted by Crippen LogP contribution is -2.57. The minimum Gasteiger partial charge on any atom is -0.465 e. The average Bonchev–Trinajstić information content (AvgIpc) is 3.48. The second kappa shape index (κ2) is 10.3. The minimum atomic E-state index is -0.762. The molecule has 0 unspecified atom stereocenters. The fraction of sp³-hybridized carbons (Fsp3) is 0.310. The van der Waals surface area contributed by atoms with Crippen LogP contribution in [0.4, 0.5) is 4.79 Å². The van der Waals surface area contributed by atoms with E-state index in [0.29, 0.717) is 25.9 Å². The summed E-state index contributed by atoms with van der Waals surface area (Å²) in [6.07, 6.45) is 7.75. The van der Waals surface area contributed by atoms with Crippen LogP contribution in [0, 0.1) is 0 Å².